The van der Waals surface area contributed by atoms with E-state index in [1.54, 1.807) is 0 Å². The molecule has 5 nitrogen and oxygen atoms in total. The molecular formula is C15H25N5S. The Labute approximate surface area is 132 Å². The summed E-state index contributed by atoms with van der Waals surface area (Å²) in [6.45, 7) is 9.95. The average molecular weight is 307 g/mol. The first-order valence-electron chi connectivity index (χ1n) is 7.62. The second-order valence-electron chi connectivity index (χ2n) is 5.68. The number of nitrogens with two attached hydrogens (primary N) is 1. The van der Waals surface area contributed by atoms with Gasteiger partial charge in [-0.25, -0.2) is 9.97 Å². The predicted octanol–water partition coefficient (Wildman–Crippen LogP) is 1.67. The van der Waals surface area contributed by atoms with Crippen LogP contribution < -0.4 is 10.6 Å². The fourth-order valence-electron chi connectivity index (χ4n) is 2.86. The molecule has 2 N–H and O–H groups in total. The molecule has 1 aliphatic rings. The maximum atomic E-state index is 5.89. The summed E-state index contributed by atoms with van der Waals surface area (Å²) >= 11 is 5.22. The molecule has 2 rings (SSSR count). The molecule has 2 heterocycles. The van der Waals surface area contributed by atoms with Gasteiger partial charge < -0.3 is 10.6 Å². The summed E-state index contributed by atoms with van der Waals surface area (Å²) in [4.78, 5) is 14.4. The summed E-state index contributed by atoms with van der Waals surface area (Å²) < 4.78 is 0. The van der Waals surface area contributed by atoms with Crippen LogP contribution in [0.1, 0.15) is 31.2 Å². The van der Waals surface area contributed by atoms with Gasteiger partial charge in [-0.15, -0.1) is 0 Å². The van der Waals surface area contributed by atoms with Gasteiger partial charge in [-0.1, -0.05) is 25.6 Å². The van der Waals surface area contributed by atoms with E-state index in [2.05, 4.69) is 26.7 Å². The lowest BCUT2D eigenvalue weighted by Crippen LogP contribution is -2.54. The lowest BCUT2D eigenvalue weighted by molar-refractivity contribution is 0.218. The molecule has 0 radical (unpaired) electrons. The molecule has 21 heavy (non-hydrogen) atoms. The summed E-state index contributed by atoms with van der Waals surface area (Å²) in [6, 6.07) is 2.23. The third-order valence-corrected chi connectivity index (χ3v) is 4.17. The van der Waals surface area contributed by atoms with Gasteiger partial charge in [0, 0.05) is 37.6 Å². The highest BCUT2D eigenvalue weighted by molar-refractivity contribution is 7.80. The smallest absolute Gasteiger partial charge is 0.225 e. The Kier molecular flexibility index (Phi) is 5.47. The largest absolute Gasteiger partial charge is 0.392 e. The minimum Gasteiger partial charge on any atom is -0.392 e. The lowest BCUT2D eigenvalue weighted by atomic mass is 10.1. The van der Waals surface area contributed by atoms with E-state index < -0.39 is 0 Å². The maximum Gasteiger partial charge on any atom is 0.225 e. The van der Waals surface area contributed by atoms with Crippen LogP contribution in [-0.4, -0.2) is 52.1 Å². The van der Waals surface area contributed by atoms with Gasteiger partial charge in [0.1, 0.15) is 0 Å². The highest BCUT2D eigenvalue weighted by atomic mass is 32.1. The van der Waals surface area contributed by atoms with Crippen molar-refractivity contribution in [3.63, 3.8) is 0 Å². The van der Waals surface area contributed by atoms with Crippen molar-refractivity contribution < 1.29 is 0 Å². The van der Waals surface area contributed by atoms with E-state index in [1.807, 2.05) is 19.9 Å². The fourth-order valence-corrected chi connectivity index (χ4v) is 3.13. The Hall–Kier alpha value is -1.27. The maximum absolute atomic E-state index is 5.89. The van der Waals surface area contributed by atoms with Crippen LogP contribution in [0.3, 0.4) is 0 Å². The molecule has 0 bridgehead atoms. The zero-order chi connectivity index (χ0) is 15.4. The van der Waals surface area contributed by atoms with Gasteiger partial charge in [-0.05, 0) is 26.3 Å². The Morgan fingerprint density at radius 3 is 2.29 bits per heavy atom. The monoisotopic (exact) mass is 307 g/mol. The van der Waals surface area contributed by atoms with Gasteiger partial charge in [-0.2, -0.15) is 0 Å². The van der Waals surface area contributed by atoms with Gasteiger partial charge in [0.15, 0.2) is 0 Å². The highest BCUT2D eigenvalue weighted by Crippen LogP contribution is 2.16. The topological polar surface area (TPSA) is 58.3 Å². The molecule has 1 aliphatic heterocycles. The van der Waals surface area contributed by atoms with E-state index in [9.17, 15) is 0 Å². The third kappa shape index (κ3) is 4.11. The first-order valence-corrected chi connectivity index (χ1v) is 8.02. The van der Waals surface area contributed by atoms with Crippen LogP contribution in [0.5, 0.6) is 0 Å². The number of piperazine rings is 1. The molecule has 1 saturated heterocycles. The van der Waals surface area contributed by atoms with Crippen molar-refractivity contribution in [3.8, 4) is 0 Å². The van der Waals surface area contributed by atoms with Gasteiger partial charge >= 0.3 is 0 Å². The van der Waals surface area contributed by atoms with Crippen molar-refractivity contribution in [2.24, 2.45) is 5.73 Å². The van der Waals surface area contributed by atoms with Crippen LogP contribution in [0.4, 0.5) is 5.95 Å². The summed E-state index contributed by atoms with van der Waals surface area (Å²) in [5.74, 6) is 0.842. The quantitative estimate of drug-likeness (QED) is 0.835. The Bertz CT molecular complexity index is 477. The summed E-state index contributed by atoms with van der Waals surface area (Å²) in [7, 11) is 0. The molecule has 1 fully saturated rings. The van der Waals surface area contributed by atoms with Gasteiger partial charge in [0.05, 0.1) is 11.0 Å². The minimum absolute atomic E-state index is 0.229. The van der Waals surface area contributed by atoms with Gasteiger partial charge in [0.2, 0.25) is 5.95 Å². The van der Waals surface area contributed by atoms with Crippen molar-refractivity contribution >= 4 is 23.2 Å². The minimum atomic E-state index is 0.229. The third-order valence-electron chi connectivity index (χ3n) is 3.90. The first kappa shape index (κ1) is 16.1. The van der Waals surface area contributed by atoms with E-state index in [4.69, 9.17) is 18.0 Å². The Balaban J connectivity index is 2.00. The lowest BCUT2D eigenvalue weighted by Gasteiger charge is -2.39. The fraction of sp³-hybridized carbons (Fsp3) is 0.667. The number of hydrogen-bond donors (Lipinski definition) is 1. The molecule has 6 heteroatoms. The second kappa shape index (κ2) is 7.13. The predicted molar refractivity (Wildman–Crippen MR) is 90.8 cm³/mol. The number of hydrogen-bond acceptors (Lipinski definition) is 5. The molecule has 0 amide bonds. The second-order valence-corrected chi connectivity index (χ2v) is 6.15. The number of thiocarbonyl (C=S) groups is 1. The molecule has 1 atom stereocenters. The van der Waals surface area contributed by atoms with Crippen molar-refractivity contribution in [1.82, 2.24) is 14.9 Å². The molecule has 1 aromatic rings. The highest BCUT2D eigenvalue weighted by Gasteiger charge is 2.26. The van der Waals surface area contributed by atoms with Crippen molar-refractivity contribution in [2.75, 3.05) is 31.1 Å². The molecule has 1 unspecified atom stereocenters. The summed E-state index contributed by atoms with van der Waals surface area (Å²) in [5, 5.41) is 0. The zero-order valence-corrected chi connectivity index (χ0v) is 14.0. The van der Waals surface area contributed by atoms with Crippen LogP contribution in [0.15, 0.2) is 6.07 Å². The molecular weight excluding hydrogens is 282 g/mol. The number of aromatic nitrogens is 2. The van der Waals surface area contributed by atoms with E-state index in [-0.39, 0.29) is 6.04 Å². The van der Waals surface area contributed by atoms with E-state index in [1.165, 1.54) is 0 Å². The summed E-state index contributed by atoms with van der Waals surface area (Å²) in [5.41, 5.74) is 7.93. The van der Waals surface area contributed by atoms with Crippen LogP contribution in [0.2, 0.25) is 0 Å². The van der Waals surface area contributed by atoms with Crippen molar-refractivity contribution in [2.45, 2.75) is 39.7 Å². The number of nitrogens with zero attached hydrogens (tertiary/aromatic N) is 4. The molecule has 116 valence electrons. The number of anilines is 1. The molecule has 0 aromatic carbocycles. The SMILES string of the molecule is CCCC(C(N)=S)N1CCN(c2nc(C)cc(C)n2)CC1. The van der Waals surface area contributed by atoms with Crippen molar-refractivity contribution in [3.05, 3.63) is 17.5 Å². The standard InChI is InChI=1S/C15H25N5S/c1-4-5-13(14(16)21)19-6-8-20(9-7-19)15-17-11(2)10-12(3)18-15/h10,13H,4-9H2,1-3H3,(H2,16,21). The molecule has 0 spiro atoms. The van der Waals surface area contributed by atoms with Crippen molar-refractivity contribution in [1.29, 1.82) is 0 Å². The van der Waals surface area contributed by atoms with E-state index in [0.717, 1.165) is 56.4 Å². The first-order chi connectivity index (χ1) is 10.0. The molecule has 0 saturated carbocycles. The number of aryl methyl sites for hydroxylation is 2. The Morgan fingerprint density at radius 1 is 1.24 bits per heavy atom. The normalized spacial score (nSPS) is 17.8. The van der Waals surface area contributed by atoms with Crippen LogP contribution in [0, 0.1) is 13.8 Å². The zero-order valence-electron chi connectivity index (χ0n) is 13.2. The van der Waals surface area contributed by atoms with E-state index in [0.29, 0.717) is 4.99 Å². The number of rotatable bonds is 5. The van der Waals surface area contributed by atoms with Crippen LogP contribution >= 0.6 is 12.2 Å². The van der Waals surface area contributed by atoms with Gasteiger partial charge in [-0.3, -0.25) is 4.90 Å². The molecule has 0 aliphatic carbocycles. The van der Waals surface area contributed by atoms with Crippen LogP contribution in [0.25, 0.3) is 0 Å². The van der Waals surface area contributed by atoms with Crippen LogP contribution in [-0.2, 0) is 0 Å². The average Bonchev–Trinajstić information content (AvgIpc) is 2.43. The molecule has 1 aromatic heterocycles. The summed E-state index contributed by atoms with van der Waals surface area (Å²) in [6.07, 6.45) is 2.14. The Morgan fingerprint density at radius 2 is 1.81 bits per heavy atom. The van der Waals surface area contributed by atoms with Gasteiger partial charge in [0.25, 0.3) is 0 Å². The van der Waals surface area contributed by atoms with E-state index >= 15 is 0 Å².